The van der Waals surface area contributed by atoms with Crippen molar-refractivity contribution in [1.82, 2.24) is 9.80 Å². The fourth-order valence-electron chi connectivity index (χ4n) is 3.23. The number of benzene rings is 2. The molecule has 0 aromatic heterocycles. The van der Waals surface area contributed by atoms with Crippen molar-refractivity contribution < 1.29 is 23.9 Å². The van der Waals surface area contributed by atoms with Gasteiger partial charge in [0.25, 0.3) is 5.91 Å². The number of ether oxygens (including phenoxy) is 2. The highest BCUT2D eigenvalue weighted by Gasteiger charge is 2.22. The van der Waals surface area contributed by atoms with Gasteiger partial charge >= 0.3 is 5.97 Å². The highest BCUT2D eigenvalue weighted by atomic mass is 16.5. The van der Waals surface area contributed by atoms with Gasteiger partial charge in [0.2, 0.25) is 5.91 Å². The number of likely N-dealkylation sites (N-methyl/N-ethyl adjacent to an activating group) is 1. The minimum absolute atomic E-state index is 0.0947. The van der Waals surface area contributed by atoms with E-state index >= 15 is 0 Å². The molecular formula is C23H23N3O5. The van der Waals surface area contributed by atoms with Gasteiger partial charge in [-0.3, -0.25) is 9.59 Å². The third-order valence-corrected chi connectivity index (χ3v) is 4.97. The lowest BCUT2D eigenvalue weighted by Crippen LogP contribution is -2.46. The van der Waals surface area contributed by atoms with Crippen LogP contribution in [0.2, 0.25) is 0 Å². The van der Waals surface area contributed by atoms with Crippen LogP contribution in [-0.4, -0.2) is 74.1 Å². The molecule has 0 saturated carbocycles. The number of carbonyl (C=O) groups excluding carboxylic acids is 3. The Labute approximate surface area is 180 Å². The zero-order chi connectivity index (χ0) is 22.2. The van der Waals surface area contributed by atoms with Crippen molar-refractivity contribution in [2.75, 3.05) is 46.5 Å². The van der Waals surface area contributed by atoms with E-state index in [1.807, 2.05) is 0 Å². The van der Waals surface area contributed by atoms with Gasteiger partial charge in [-0.15, -0.1) is 0 Å². The molecule has 1 heterocycles. The highest BCUT2D eigenvalue weighted by molar-refractivity contribution is 5.99. The summed E-state index contributed by atoms with van der Waals surface area (Å²) in [6.45, 7) is 1.38. The number of morpholine rings is 1. The summed E-state index contributed by atoms with van der Waals surface area (Å²) in [5.74, 6) is -1.33. The maximum Gasteiger partial charge on any atom is 0.339 e. The molecule has 1 saturated heterocycles. The maximum absolute atomic E-state index is 12.7. The van der Waals surface area contributed by atoms with E-state index in [4.69, 9.17) is 9.47 Å². The van der Waals surface area contributed by atoms with Crippen molar-refractivity contribution in [2.24, 2.45) is 0 Å². The van der Waals surface area contributed by atoms with E-state index in [0.717, 1.165) is 0 Å². The monoisotopic (exact) mass is 421 g/mol. The number of nitrogens with zero attached hydrogens (tertiary/aromatic N) is 3. The Balaban J connectivity index is 1.63. The Morgan fingerprint density at radius 1 is 1.06 bits per heavy atom. The Kier molecular flexibility index (Phi) is 7.35. The first-order chi connectivity index (χ1) is 15.0. The van der Waals surface area contributed by atoms with Crippen molar-refractivity contribution in [2.45, 2.75) is 0 Å². The van der Waals surface area contributed by atoms with Crippen LogP contribution >= 0.6 is 0 Å². The lowest BCUT2D eigenvalue weighted by molar-refractivity contribution is -0.143. The SMILES string of the molecule is CN(CC(=O)N1CCOCC1)C(=O)COC(=O)c1ccccc1-c1ccccc1C#N. The standard InChI is InChI=1S/C23H23N3O5/c1-25(15-21(27)26-10-12-30-13-11-26)22(28)16-31-23(29)20-9-5-4-8-19(20)18-7-3-2-6-17(18)14-24/h2-9H,10-13,15-16H2,1H3. The van der Waals surface area contributed by atoms with Crippen molar-refractivity contribution >= 4 is 17.8 Å². The summed E-state index contributed by atoms with van der Waals surface area (Å²) in [6, 6.07) is 15.8. The van der Waals surface area contributed by atoms with Gasteiger partial charge in [-0.05, 0) is 17.7 Å². The molecule has 31 heavy (non-hydrogen) atoms. The van der Waals surface area contributed by atoms with Crippen LogP contribution in [0.1, 0.15) is 15.9 Å². The average molecular weight is 421 g/mol. The average Bonchev–Trinajstić information content (AvgIpc) is 2.82. The Morgan fingerprint density at radius 3 is 2.42 bits per heavy atom. The Hall–Kier alpha value is -3.70. The van der Waals surface area contributed by atoms with Gasteiger partial charge in [0.1, 0.15) is 0 Å². The molecule has 1 aliphatic heterocycles. The Morgan fingerprint density at radius 2 is 1.71 bits per heavy atom. The normalized spacial score (nSPS) is 13.2. The van der Waals surface area contributed by atoms with Crippen molar-refractivity contribution in [3.05, 3.63) is 59.7 Å². The minimum Gasteiger partial charge on any atom is -0.452 e. The summed E-state index contributed by atoms with van der Waals surface area (Å²) in [7, 11) is 1.49. The van der Waals surface area contributed by atoms with Gasteiger partial charge in [-0.2, -0.15) is 5.26 Å². The van der Waals surface area contributed by atoms with Crippen LogP contribution in [0, 0.1) is 11.3 Å². The zero-order valence-electron chi connectivity index (χ0n) is 17.2. The van der Waals surface area contributed by atoms with Crippen molar-refractivity contribution in [1.29, 1.82) is 5.26 Å². The quantitative estimate of drug-likeness (QED) is 0.658. The molecule has 0 N–H and O–H groups in total. The molecule has 8 nitrogen and oxygen atoms in total. The molecule has 8 heteroatoms. The summed E-state index contributed by atoms with van der Waals surface area (Å²) < 4.78 is 10.4. The van der Waals surface area contributed by atoms with Crippen LogP contribution in [0.3, 0.4) is 0 Å². The van der Waals surface area contributed by atoms with Crippen LogP contribution in [-0.2, 0) is 19.1 Å². The molecule has 0 bridgehead atoms. The molecule has 3 rings (SSSR count). The zero-order valence-corrected chi connectivity index (χ0v) is 17.2. The van der Waals surface area contributed by atoms with E-state index in [1.54, 1.807) is 53.4 Å². The Bertz CT molecular complexity index is 1010. The van der Waals surface area contributed by atoms with E-state index in [2.05, 4.69) is 6.07 Å². The third kappa shape index (κ3) is 5.47. The van der Waals surface area contributed by atoms with E-state index in [-0.39, 0.29) is 18.0 Å². The molecule has 160 valence electrons. The van der Waals surface area contributed by atoms with Crippen LogP contribution in [0.4, 0.5) is 0 Å². The lowest BCUT2D eigenvalue weighted by atomic mass is 9.96. The van der Waals surface area contributed by atoms with Gasteiger partial charge in [0, 0.05) is 25.7 Å². The van der Waals surface area contributed by atoms with E-state index in [0.29, 0.717) is 43.0 Å². The van der Waals surface area contributed by atoms with Crippen LogP contribution in [0.25, 0.3) is 11.1 Å². The molecule has 0 spiro atoms. The number of amides is 2. The number of rotatable bonds is 6. The molecule has 0 aliphatic carbocycles. The number of hydrogen-bond acceptors (Lipinski definition) is 6. The largest absolute Gasteiger partial charge is 0.452 e. The first kappa shape index (κ1) is 22.0. The van der Waals surface area contributed by atoms with Gasteiger partial charge in [0.15, 0.2) is 6.61 Å². The molecule has 2 amide bonds. The fraction of sp³-hybridized carbons (Fsp3) is 0.304. The first-order valence-corrected chi connectivity index (χ1v) is 9.86. The van der Waals surface area contributed by atoms with E-state index in [9.17, 15) is 19.6 Å². The molecular weight excluding hydrogens is 398 g/mol. The smallest absolute Gasteiger partial charge is 0.339 e. The second-order valence-electron chi connectivity index (χ2n) is 7.02. The fourth-order valence-corrected chi connectivity index (χ4v) is 3.23. The minimum atomic E-state index is -0.676. The molecule has 2 aromatic rings. The number of esters is 1. The summed E-state index contributed by atoms with van der Waals surface area (Å²) in [5.41, 5.74) is 1.84. The second kappa shape index (κ2) is 10.4. The topological polar surface area (TPSA) is 99.9 Å². The molecule has 0 radical (unpaired) electrons. The van der Waals surface area contributed by atoms with Gasteiger partial charge < -0.3 is 19.3 Å². The molecule has 1 aliphatic rings. The molecule has 0 unspecified atom stereocenters. The molecule has 0 atom stereocenters. The summed E-state index contributed by atoms with van der Waals surface area (Å²) in [6.07, 6.45) is 0. The predicted molar refractivity (Wildman–Crippen MR) is 112 cm³/mol. The highest BCUT2D eigenvalue weighted by Crippen LogP contribution is 2.27. The molecule has 1 fully saturated rings. The first-order valence-electron chi connectivity index (χ1n) is 9.86. The lowest BCUT2D eigenvalue weighted by Gasteiger charge is -2.28. The van der Waals surface area contributed by atoms with Gasteiger partial charge in [-0.25, -0.2) is 4.79 Å². The van der Waals surface area contributed by atoms with Gasteiger partial charge in [0.05, 0.1) is 37.0 Å². The summed E-state index contributed by atoms with van der Waals surface area (Å²) in [4.78, 5) is 40.2. The van der Waals surface area contributed by atoms with E-state index in [1.165, 1.54) is 11.9 Å². The maximum atomic E-state index is 12.7. The molecule has 2 aromatic carbocycles. The predicted octanol–water partition coefficient (Wildman–Crippen LogP) is 1.70. The van der Waals surface area contributed by atoms with Crippen molar-refractivity contribution in [3.8, 4) is 17.2 Å². The van der Waals surface area contributed by atoms with E-state index < -0.39 is 18.5 Å². The number of hydrogen-bond donors (Lipinski definition) is 0. The van der Waals surface area contributed by atoms with Crippen molar-refractivity contribution in [3.63, 3.8) is 0 Å². The van der Waals surface area contributed by atoms with Crippen LogP contribution in [0.5, 0.6) is 0 Å². The summed E-state index contributed by atoms with van der Waals surface area (Å²) >= 11 is 0. The number of carbonyl (C=O) groups is 3. The van der Waals surface area contributed by atoms with Crippen LogP contribution < -0.4 is 0 Å². The summed E-state index contributed by atoms with van der Waals surface area (Å²) in [5, 5.41) is 9.36. The second-order valence-corrected chi connectivity index (χ2v) is 7.02. The van der Waals surface area contributed by atoms with Gasteiger partial charge in [-0.1, -0.05) is 36.4 Å². The number of nitriles is 1. The third-order valence-electron chi connectivity index (χ3n) is 4.97. The van der Waals surface area contributed by atoms with Crippen LogP contribution in [0.15, 0.2) is 48.5 Å².